The van der Waals surface area contributed by atoms with Gasteiger partial charge in [-0.2, -0.15) is 5.10 Å². The van der Waals surface area contributed by atoms with Gasteiger partial charge in [-0.25, -0.2) is 0 Å². The summed E-state index contributed by atoms with van der Waals surface area (Å²) in [5.41, 5.74) is 3.37. The first-order valence-electron chi connectivity index (χ1n) is 4.50. The maximum Gasteiger partial charge on any atom is 0.0923 e. The molecule has 0 radical (unpaired) electrons. The molecule has 0 saturated heterocycles. The Kier molecular flexibility index (Phi) is 2.13. The predicted octanol–water partition coefficient (Wildman–Crippen LogP) is 2.64. The Balaban J connectivity index is 2.36. The fraction of sp³-hybridized carbons (Fsp3) is 0.182. The molecule has 0 unspecified atom stereocenters. The zero-order valence-electron chi connectivity index (χ0n) is 7.62. The largest absolute Gasteiger partial charge is 0.282 e. The number of hydrogen-bond acceptors (Lipinski definition) is 1. The lowest BCUT2D eigenvalue weighted by Gasteiger charge is -1.92. The van der Waals surface area contributed by atoms with Crippen LogP contribution in [0.25, 0.3) is 11.3 Å². The van der Waals surface area contributed by atoms with Crippen LogP contribution in [-0.2, 0) is 6.42 Å². The third-order valence-electron chi connectivity index (χ3n) is 2.08. The molecule has 0 fully saturated rings. The van der Waals surface area contributed by atoms with Crippen LogP contribution in [0, 0.1) is 0 Å². The summed E-state index contributed by atoms with van der Waals surface area (Å²) in [6.07, 6.45) is 1.000. The van der Waals surface area contributed by atoms with Crippen molar-refractivity contribution in [2.24, 2.45) is 0 Å². The Morgan fingerprint density at radius 3 is 2.62 bits per heavy atom. The van der Waals surface area contributed by atoms with E-state index in [1.165, 1.54) is 11.3 Å². The zero-order valence-corrected chi connectivity index (χ0v) is 7.62. The minimum Gasteiger partial charge on any atom is -0.282 e. The quantitative estimate of drug-likeness (QED) is 0.741. The van der Waals surface area contributed by atoms with Gasteiger partial charge >= 0.3 is 0 Å². The molecule has 0 aliphatic rings. The van der Waals surface area contributed by atoms with E-state index in [9.17, 15) is 0 Å². The predicted molar refractivity (Wildman–Crippen MR) is 53.4 cm³/mol. The van der Waals surface area contributed by atoms with Crippen molar-refractivity contribution in [3.8, 4) is 11.3 Å². The Morgan fingerprint density at radius 1 is 1.23 bits per heavy atom. The van der Waals surface area contributed by atoms with Gasteiger partial charge in [-0.3, -0.25) is 5.10 Å². The standard InChI is InChI=1S/C11H12N2/c1-2-10-8-11(13-12-10)9-6-4-3-5-7-9/h3-8H,2H2,1H3,(H,12,13). The Labute approximate surface area is 77.6 Å². The highest BCUT2D eigenvalue weighted by Gasteiger charge is 2.00. The summed E-state index contributed by atoms with van der Waals surface area (Å²) in [6.45, 7) is 2.11. The van der Waals surface area contributed by atoms with Crippen LogP contribution in [0.5, 0.6) is 0 Å². The number of aryl methyl sites for hydroxylation is 1. The molecule has 0 aliphatic heterocycles. The summed E-state index contributed by atoms with van der Waals surface area (Å²) in [5, 5.41) is 7.24. The number of rotatable bonds is 2. The summed E-state index contributed by atoms with van der Waals surface area (Å²) < 4.78 is 0. The highest BCUT2D eigenvalue weighted by molar-refractivity contribution is 5.58. The molecule has 66 valence electrons. The second kappa shape index (κ2) is 3.44. The molecule has 2 nitrogen and oxygen atoms in total. The van der Waals surface area contributed by atoms with E-state index in [1.807, 2.05) is 18.2 Å². The van der Waals surface area contributed by atoms with E-state index in [0.29, 0.717) is 0 Å². The van der Waals surface area contributed by atoms with Crippen molar-refractivity contribution in [2.75, 3.05) is 0 Å². The average molecular weight is 172 g/mol. The first-order chi connectivity index (χ1) is 6.40. The van der Waals surface area contributed by atoms with E-state index in [1.54, 1.807) is 0 Å². The molecule has 1 N–H and O–H groups in total. The van der Waals surface area contributed by atoms with E-state index >= 15 is 0 Å². The number of aromatic amines is 1. The molecule has 0 saturated carbocycles. The van der Waals surface area contributed by atoms with E-state index in [4.69, 9.17) is 0 Å². The molecule has 0 atom stereocenters. The molecule has 0 spiro atoms. The van der Waals surface area contributed by atoms with Gasteiger partial charge in [-0.1, -0.05) is 37.3 Å². The fourth-order valence-corrected chi connectivity index (χ4v) is 1.30. The van der Waals surface area contributed by atoms with E-state index in [-0.39, 0.29) is 0 Å². The van der Waals surface area contributed by atoms with Crippen molar-refractivity contribution in [3.63, 3.8) is 0 Å². The van der Waals surface area contributed by atoms with Gasteiger partial charge in [0.05, 0.1) is 5.69 Å². The summed E-state index contributed by atoms with van der Waals surface area (Å²) in [6, 6.07) is 12.3. The highest BCUT2D eigenvalue weighted by atomic mass is 15.1. The van der Waals surface area contributed by atoms with Gasteiger partial charge in [-0.05, 0) is 12.5 Å². The van der Waals surface area contributed by atoms with Crippen LogP contribution in [0.3, 0.4) is 0 Å². The van der Waals surface area contributed by atoms with Crippen molar-refractivity contribution in [3.05, 3.63) is 42.1 Å². The van der Waals surface area contributed by atoms with Crippen LogP contribution in [0.1, 0.15) is 12.6 Å². The monoisotopic (exact) mass is 172 g/mol. The van der Waals surface area contributed by atoms with Gasteiger partial charge < -0.3 is 0 Å². The summed E-state index contributed by atoms with van der Waals surface area (Å²) >= 11 is 0. The normalized spacial score (nSPS) is 10.2. The lowest BCUT2D eigenvalue weighted by molar-refractivity contribution is 0.976. The van der Waals surface area contributed by atoms with Gasteiger partial charge in [0.25, 0.3) is 0 Å². The molecule has 1 heterocycles. The van der Waals surface area contributed by atoms with Crippen molar-refractivity contribution in [1.29, 1.82) is 0 Å². The van der Waals surface area contributed by atoms with Crippen LogP contribution in [-0.4, -0.2) is 10.2 Å². The molecule has 2 heteroatoms. The number of benzene rings is 1. The molecule has 1 aromatic heterocycles. The molecule has 0 amide bonds. The molecule has 0 aliphatic carbocycles. The topological polar surface area (TPSA) is 28.7 Å². The minimum absolute atomic E-state index is 1.000. The van der Waals surface area contributed by atoms with Gasteiger partial charge in [0.1, 0.15) is 0 Å². The second-order valence-corrected chi connectivity index (χ2v) is 3.00. The van der Waals surface area contributed by atoms with Crippen molar-refractivity contribution >= 4 is 0 Å². The number of nitrogens with one attached hydrogen (secondary N) is 1. The first-order valence-corrected chi connectivity index (χ1v) is 4.50. The smallest absolute Gasteiger partial charge is 0.0923 e. The Morgan fingerprint density at radius 2 is 2.00 bits per heavy atom. The molecular weight excluding hydrogens is 160 g/mol. The third kappa shape index (κ3) is 1.61. The molecular formula is C11H12N2. The Bertz CT molecular complexity index is 376. The molecule has 2 rings (SSSR count). The van der Waals surface area contributed by atoms with Crippen molar-refractivity contribution in [1.82, 2.24) is 10.2 Å². The summed E-state index contributed by atoms with van der Waals surface area (Å²) in [4.78, 5) is 0. The zero-order chi connectivity index (χ0) is 9.10. The number of aromatic nitrogens is 2. The molecule has 13 heavy (non-hydrogen) atoms. The maximum absolute atomic E-state index is 4.23. The van der Waals surface area contributed by atoms with E-state index in [0.717, 1.165) is 12.1 Å². The number of nitrogens with zero attached hydrogens (tertiary/aromatic N) is 1. The Hall–Kier alpha value is -1.57. The van der Waals surface area contributed by atoms with Crippen LogP contribution in [0.4, 0.5) is 0 Å². The van der Waals surface area contributed by atoms with Crippen LogP contribution in [0.2, 0.25) is 0 Å². The van der Waals surface area contributed by atoms with Gasteiger partial charge in [0, 0.05) is 11.3 Å². The lowest BCUT2D eigenvalue weighted by Crippen LogP contribution is -1.76. The molecule has 1 aromatic carbocycles. The minimum atomic E-state index is 1.000. The summed E-state index contributed by atoms with van der Waals surface area (Å²) in [7, 11) is 0. The molecule has 0 bridgehead atoms. The van der Waals surface area contributed by atoms with Crippen LogP contribution in [0.15, 0.2) is 36.4 Å². The molecule has 2 aromatic rings. The van der Waals surface area contributed by atoms with Gasteiger partial charge in [-0.15, -0.1) is 0 Å². The van der Waals surface area contributed by atoms with Crippen molar-refractivity contribution < 1.29 is 0 Å². The van der Waals surface area contributed by atoms with Crippen LogP contribution < -0.4 is 0 Å². The van der Waals surface area contributed by atoms with E-state index < -0.39 is 0 Å². The van der Waals surface area contributed by atoms with Gasteiger partial charge in [0.15, 0.2) is 0 Å². The number of H-pyrrole nitrogens is 1. The average Bonchev–Trinajstić information content (AvgIpc) is 2.67. The first kappa shape index (κ1) is 8.05. The maximum atomic E-state index is 4.23. The summed E-state index contributed by atoms with van der Waals surface area (Å²) in [5.74, 6) is 0. The van der Waals surface area contributed by atoms with Crippen LogP contribution >= 0.6 is 0 Å². The highest BCUT2D eigenvalue weighted by Crippen LogP contribution is 2.16. The third-order valence-corrected chi connectivity index (χ3v) is 2.08. The van der Waals surface area contributed by atoms with Crippen molar-refractivity contribution in [2.45, 2.75) is 13.3 Å². The fourth-order valence-electron chi connectivity index (χ4n) is 1.30. The SMILES string of the molecule is CCc1cc(-c2ccccc2)n[nH]1. The lowest BCUT2D eigenvalue weighted by atomic mass is 10.1. The van der Waals surface area contributed by atoms with E-state index in [2.05, 4.69) is 35.3 Å². The second-order valence-electron chi connectivity index (χ2n) is 3.00. The van der Waals surface area contributed by atoms with Gasteiger partial charge in [0.2, 0.25) is 0 Å². The number of hydrogen-bond donors (Lipinski definition) is 1.